The summed E-state index contributed by atoms with van der Waals surface area (Å²) in [6.07, 6.45) is 0. The van der Waals surface area contributed by atoms with Crippen molar-refractivity contribution < 1.29 is 57.2 Å². The zero-order chi connectivity index (χ0) is 26.9. The summed E-state index contributed by atoms with van der Waals surface area (Å²) in [5, 5.41) is 25.0. The van der Waals surface area contributed by atoms with Crippen LogP contribution in [0.3, 0.4) is 0 Å². The summed E-state index contributed by atoms with van der Waals surface area (Å²) >= 11 is 12.1. The summed E-state index contributed by atoms with van der Waals surface area (Å²) in [6.45, 7) is 1.55. The van der Waals surface area contributed by atoms with Gasteiger partial charge in [0.05, 0.1) is 23.5 Å². The third kappa shape index (κ3) is 6.13. The van der Waals surface area contributed by atoms with E-state index >= 15 is 0 Å². The van der Waals surface area contributed by atoms with E-state index in [1.165, 1.54) is 37.4 Å². The van der Waals surface area contributed by atoms with Gasteiger partial charge in [-0.2, -0.15) is 13.5 Å². The molecule has 0 aliphatic carbocycles. The molecule has 0 unspecified atom stereocenters. The van der Waals surface area contributed by atoms with E-state index in [0.29, 0.717) is 32.8 Å². The van der Waals surface area contributed by atoms with Crippen LogP contribution in [0.4, 0.5) is 17.1 Å². The maximum Gasteiger partial charge on any atom is 1.00 e. The summed E-state index contributed by atoms with van der Waals surface area (Å²) in [4.78, 5) is 12.5. The number of carbonyl (C=O) groups excluding carboxylic acids is 1. The molecule has 2 N–H and O–H groups in total. The maximum atomic E-state index is 13.4. The summed E-state index contributed by atoms with van der Waals surface area (Å²) in [6, 6.07) is 15.5. The second kappa shape index (κ2) is 12.0. The van der Waals surface area contributed by atoms with E-state index in [1.807, 2.05) is 0 Å². The first-order chi connectivity index (χ1) is 17.5. The van der Waals surface area contributed by atoms with Crippen LogP contribution in [0.25, 0.3) is 10.8 Å². The number of anilines is 1. The Morgan fingerprint density at radius 2 is 1.76 bits per heavy atom. The van der Waals surface area contributed by atoms with Crippen molar-refractivity contribution in [3.63, 3.8) is 0 Å². The van der Waals surface area contributed by atoms with Gasteiger partial charge in [-0.25, -0.2) is 0 Å². The number of aryl methyl sites for hydroxylation is 1. The number of hydrogen-bond donors (Lipinski definition) is 2. The van der Waals surface area contributed by atoms with Crippen LogP contribution in [-0.2, 0) is 10.1 Å². The second-order valence-electron chi connectivity index (χ2n) is 7.84. The molecule has 0 atom stereocenters. The minimum atomic E-state index is -4.76. The number of halogens is 2. The molecule has 0 aliphatic rings. The van der Waals surface area contributed by atoms with E-state index < -0.39 is 26.7 Å². The molecule has 0 radical (unpaired) electrons. The zero-order valence-electron chi connectivity index (χ0n) is 20.3. The smallest absolute Gasteiger partial charge is 0.870 e. The van der Waals surface area contributed by atoms with Crippen LogP contribution in [0.5, 0.6) is 11.5 Å². The van der Waals surface area contributed by atoms with Crippen LogP contribution in [0, 0.1) is 6.92 Å². The van der Waals surface area contributed by atoms with E-state index in [9.17, 15) is 22.9 Å². The molecule has 38 heavy (non-hydrogen) atoms. The molecule has 4 aromatic rings. The summed E-state index contributed by atoms with van der Waals surface area (Å²) in [5.74, 6) is -1.19. The third-order valence-electron chi connectivity index (χ3n) is 5.42. The topological polar surface area (TPSA) is 140 Å². The molecule has 9 nitrogen and oxygen atoms in total. The van der Waals surface area contributed by atoms with Crippen molar-refractivity contribution in [1.29, 1.82) is 0 Å². The van der Waals surface area contributed by atoms with Gasteiger partial charge in [-0.05, 0) is 42.1 Å². The molecular formula is C25H18Cl2N3NaO6S. The molecule has 13 heteroatoms. The molecule has 0 fully saturated rings. The van der Waals surface area contributed by atoms with Gasteiger partial charge < -0.3 is 15.2 Å². The zero-order valence-corrected chi connectivity index (χ0v) is 24.6. The predicted molar refractivity (Wildman–Crippen MR) is 140 cm³/mol. The Labute approximate surface area is 250 Å². The SMILES string of the molecule is COc1cc(Cl)ccc1NC(=O)c1cc2ccccc2c(N=Nc2ccc(C)c(Cl)c2S(=O)(=O)O)c1[O-].[Na+]. The summed E-state index contributed by atoms with van der Waals surface area (Å²) in [7, 11) is -3.35. The Balaban J connectivity index is 0.00000400. The fraction of sp³-hybridized carbons (Fsp3) is 0.0800. The van der Waals surface area contributed by atoms with Crippen LogP contribution >= 0.6 is 23.2 Å². The first-order valence-electron chi connectivity index (χ1n) is 10.6. The Morgan fingerprint density at radius 3 is 2.45 bits per heavy atom. The van der Waals surface area contributed by atoms with Crippen molar-refractivity contribution in [2.75, 3.05) is 12.4 Å². The first kappa shape index (κ1) is 29.9. The van der Waals surface area contributed by atoms with Gasteiger partial charge in [0.25, 0.3) is 16.0 Å². The second-order valence-corrected chi connectivity index (χ2v) is 10.0. The Kier molecular flexibility index (Phi) is 9.43. The van der Waals surface area contributed by atoms with Crippen LogP contribution in [0.15, 0.2) is 75.8 Å². The molecule has 190 valence electrons. The van der Waals surface area contributed by atoms with E-state index in [2.05, 4.69) is 15.5 Å². The average molecular weight is 582 g/mol. The largest absolute Gasteiger partial charge is 1.00 e. The van der Waals surface area contributed by atoms with Crippen LogP contribution in [0.2, 0.25) is 10.0 Å². The number of benzene rings is 4. The molecule has 0 bridgehead atoms. The quantitative estimate of drug-likeness (QED) is 0.203. The number of amides is 1. The molecule has 0 spiro atoms. The number of fused-ring (bicyclic) bond motifs is 1. The molecule has 0 saturated heterocycles. The van der Waals surface area contributed by atoms with E-state index in [4.69, 9.17) is 27.9 Å². The maximum absolute atomic E-state index is 13.4. The van der Waals surface area contributed by atoms with Gasteiger partial charge in [-0.3, -0.25) is 9.35 Å². The molecule has 0 aromatic heterocycles. The van der Waals surface area contributed by atoms with Crippen molar-refractivity contribution in [3.8, 4) is 11.5 Å². The third-order valence-corrected chi connectivity index (χ3v) is 7.18. The standard InChI is InChI=1S/C25H19Cl2N3O6S.Na/c1-13-7-9-19(24(21(13)27)37(33,34)35)29-30-22-16-6-4-3-5-14(16)11-17(23(22)31)25(32)28-18-10-8-15(26)12-20(18)36-2;/h3-12,31H,1-2H3,(H,28,32)(H,33,34,35);/q;+1/p-1. The number of nitrogens with one attached hydrogen (secondary N) is 1. The Hall–Kier alpha value is -2.70. The fourth-order valence-corrected chi connectivity index (χ4v) is 4.98. The van der Waals surface area contributed by atoms with Gasteiger partial charge >= 0.3 is 29.6 Å². The van der Waals surface area contributed by atoms with Crippen molar-refractivity contribution in [1.82, 2.24) is 0 Å². The summed E-state index contributed by atoms with van der Waals surface area (Å²) in [5.41, 5.74) is -0.0348. The van der Waals surface area contributed by atoms with Gasteiger partial charge in [0.1, 0.15) is 16.3 Å². The monoisotopic (exact) mass is 581 g/mol. The van der Waals surface area contributed by atoms with Gasteiger partial charge in [0.2, 0.25) is 0 Å². The van der Waals surface area contributed by atoms with Crippen molar-refractivity contribution >= 4 is 67.1 Å². The molecule has 0 aliphatic heterocycles. The fourth-order valence-electron chi connectivity index (χ4n) is 3.61. The average Bonchev–Trinajstić information content (AvgIpc) is 2.85. The molecule has 0 heterocycles. The van der Waals surface area contributed by atoms with E-state index in [0.717, 1.165) is 0 Å². The van der Waals surface area contributed by atoms with Gasteiger partial charge in [-0.1, -0.05) is 59.3 Å². The molecule has 4 aromatic carbocycles. The van der Waals surface area contributed by atoms with Gasteiger partial charge in [-0.15, -0.1) is 5.11 Å². The minimum Gasteiger partial charge on any atom is -0.870 e. The van der Waals surface area contributed by atoms with Crippen molar-refractivity contribution in [2.45, 2.75) is 11.8 Å². The first-order valence-corrected chi connectivity index (χ1v) is 12.8. The van der Waals surface area contributed by atoms with Crippen molar-refractivity contribution in [2.24, 2.45) is 10.2 Å². The number of azo groups is 1. The number of methoxy groups -OCH3 is 1. The van der Waals surface area contributed by atoms with E-state index in [1.54, 1.807) is 37.3 Å². The normalized spacial score (nSPS) is 11.4. The van der Waals surface area contributed by atoms with Crippen molar-refractivity contribution in [3.05, 3.63) is 81.8 Å². The number of ether oxygens (including phenoxy) is 1. The molecular weight excluding hydrogens is 564 g/mol. The number of hydrogen-bond acceptors (Lipinski definition) is 7. The molecule has 1 amide bonds. The van der Waals surface area contributed by atoms with E-state index in [-0.39, 0.29) is 51.5 Å². The van der Waals surface area contributed by atoms with Gasteiger partial charge in [0.15, 0.2) is 0 Å². The number of carbonyl (C=O) groups is 1. The number of rotatable bonds is 6. The minimum absolute atomic E-state index is 0. The predicted octanol–water partition coefficient (Wildman–Crippen LogP) is 3.46. The molecule has 0 saturated carbocycles. The van der Waals surface area contributed by atoms with Gasteiger partial charge in [0, 0.05) is 22.0 Å². The van der Waals surface area contributed by atoms with Crippen LogP contribution in [0.1, 0.15) is 15.9 Å². The molecule has 4 rings (SSSR count). The Morgan fingerprint density at radius 1 is 1.05 bits per heavy atom. The van der Waals surface area contributed by atoms with Crippen LogP contribution in [-0.4, -0.2) is 26.0 Å². The summed E-state index contributed by atoms with van der Waals surface area (Å²) < 4.78 is 38.8. The Bertz CT molecular complexity index is 1700. The number of nitrogens with zero attached hydrogens (tertiary/aromatic N) is 2. The van der Waals surface area contributed by atoms with Crippen LogP contribution < -0.4 is 44.7 Å².